The molecule has 0 bridgehead atoms. The van der Waals surface area contributed by atoms with Crippen molar-refractivity contribution in [2.75, 3.05) is 0 Å². The van der Waals surface area contributed by atoms with Gasteiger partial charge in [-0.2, -0.15) is 15.0 Å². The monoisotopic (exact) mass is 428 g/mol. The fourth-order valence-electron chi connectivity index (χ4n) is 4.71. The third kappa shape index (κ3) is 2.77. The smallest absolute Gasteiger partial charge is 0.276 e. The summed E-state index contributed by atoms with van der Waals surface area (Å²) in [5.41, 5.74) is 4.27. The Bertz CT molecular complexity index is 1600. The highest BCUT2D eigenvalue weighted by molar-refractivity contribution is 5.58. The maximum absolute atomic E-state index is 13.0. The molecule has 10 nitrogen and oxygen atoms in total. The lowest BCUT2D eigenvalue weighted by Crippen LogP contribution is -2.29. The van der Waals surface area contributed by atoms with Crippen molar-refractivity contribution < 1.29 is 0 Å². The quantitative estimate of drug-likeness (QED) is 0.503. The van der Waals surface area contributed by atoms with Gasteiger partial charge < -0.3 is 0 Å². The number of aryl methyl sites for hydroxylation is 2. The molecule has 160 valence electrons. The first-order valence-electron chi connectivity index (χ1n) is 10.5. The summed E-state index contributed by atoms with van der Waals surface area (Å²) in [6.45, 7) is 3.69. The normalized spacial score (nSPS) is 15.6. The molecule has 10 heteroatoms. The standard InChI is InChI=1S/C22H20N8O2/c1-3-14-11(2)26-20-16(9-24)18(28-30(20)21(14)31)7-12-4-5-17-15(6-12)22(32)29-19(27-17)13(8-23)10-25-29/h10,12,25,28H,3-7H2,1-2H3. The van der Waals surface area contributed by atoms with Crippen LogP contribution in [0.3, 0.4) is 0 Å². The molecule has 0 aliphatic heterocycles. The molecule has 0 fully saturated rings. The number of aromatic amines is 2. The van der Waals surface area contributed by atoms with Crippen LogP contribution in [-0.2, 0) is 25.7 Å². The third-order valence-electron chi connectivity index (χ3n) is 6.36. The van der Waals surface area contributed by atoms with Crippen LogP contribution in [0.1, 0.15) is 52.7 Å². The van der Waals surface area contributed by atoms with E-state index in [0.29, 0.717) is 70.6 Å². The van der Waals surface area contributed by atoms with Crippen LogP contribution in [-0.4, -0.2) is 29.2 Å². The van der Waals surface area contributed by atoms with Gasteiger partial charge in [0.2, 0.25) is 0 Å². The van der Waals surface area contributed by atoms with Crippen LogP contribution in [0.2, 0.25) is 0 Å². The number of hydrogen-bond donors (Lipinski definition) is 2. The maximum atomic E-state index is 13.0. The van der Waals surface area contributed by atoms with Gasteiger partial charge in [0.1, 0.15) is 23.3 Å². The van der Waals surface area contributed by atoms with Crippen LogP contribution < -0.4 is 11.1 Å². The summed E-state index contributed by atoms with van der Waals surface area (Å²) in [5, 5.41) is 24.9. The van der Waals surface area contributed by atoms with Gasteiger partial charge in [-0.15, -0.1) is 0 Å². The summed E-state index contributed by atoms with van der Waals surface area (Å²) in [4.78, 5) is 34.9. The highest BCUT2D eigenvalue weighted by atomic mass is 16.1. The van der Waals surface area contributed by atoms with Crippen molar-refractivity contribution in [2.24, 2.45) is 5.92 Å². The molecule has 4 aromatic heterocycles. The zero-order valence-electron chi connectivity index (χ0n) is 17.7. The average molecular weight is 428 g/mol. The minimum absolute atomic E-state index is 0.100. The Morgan fingerprint density at radius 3 is 2.69 bits per heavy atom. The summed E-state index contributed by atoms with van der Waals surface area (Å²) in [7, 11) is 0. The lowest BCUT2D eigenvalue weighted by Gasteiger charge is -2.23. The molecular weight excluding hydrogens is 408 g/mol. The van der Waals surface area contributed by atoms with Gasteiger partial charge >= 0.3 is 0 Å². The van der Waals surface area contributed by atoms with Crippen molar-refractivity contribution in [3.8, 4) is 12.1 Å². The van der Waals surface area contributed by atoms with E-state index in [1.54, 1.807) is 6.92 Å². The van der Waals surface area contributed by atoms with E-state index < -0.39 is 0 Å². The molecule has 4 aromatic rings. The number of rotatable bonds is 3. The van der Waals surface area contributed by atoms with Crippen LogP contribution >= 0.6 is 0 Å². The molecule has 0 amide bonds. The molecule has 0 spiro atoms. The Morgan fingerprint density at radius 2 is 1.97 bits per heavy atom. The van der Waals surface area contributed by atoms with Crippen LogP contribution in [0.15, 0.2) is 15.8 Å². The van der Waals surface area contributed by atoms with Gasteiger partial charge in [-0.3, -0.25) is 19.8 Å². The molecule has 4 heterocycles. The number of aromatic nitrogens is 6. The van der Waals surface area contributed by atoms with Crippen LogP contribution in [0.4, 0.5) is 0 Å². The SMILES string of the molecule is CCc1c(C)nc2c(C#N)c(CC3CCc4nc5c(C#N)c[nH]n5c(=O)c4C3)[nH]n2c1=O. The van der Waals surface area contributed by atoms with Crippen LogP contribution in [0.5, 0.6) is 0 Å². The van der Waals surface area contributed by atoms with Gasteiger partial charge in [-0.05, 0) is 44.9 Å². The molecule has 5 rings (SSSR count). The molecule has 1 aliphatic rings. The topological polar surface area (TPSA) is 148 Å². The number of nitrogens with zero attached hydrogens (tertiary/aromatic N) is 6. The molecule has 1 aliphatic carbocycles. The van der Waals surface area contributed by atoms with Gasteiger partial charge in [-0.1, -0.05) is 6.92 Å². The predicted molar refractivity (Wildman–Crippen MR) is 114 cm³/mol. The van der Waals surface area contributed by atoms with E-state index in [1.165, 1.54) is 15.2 Å². The van der Waals surface area contributed by atoms with Crippen molar-refractivity contribution in [1.29, 1.82) is 10.5 Å². The van der Waals surface area contributed by atoms with Gasteiger partial charge in [-0.25, -0.2) is 14.5 Å². The molecule has 0 saturated heterocycles. The zero-order valence-corrected chi connectivity index (χ0v) is 17.7. The van der Waals surface area contributed by atoms with Crippen molar-refractivity contribution in [3.05, 3.63) is 66.2 Å². The van der Waals surface area contributed by atoms with E-state index in [-0.39, 0.29) is 17.0 Å². The first-order valence-corrected chi connectivity index (χ1v) is 10.5. The second-order valence-corrected chi connectivity index (χ2v) is 8.18. The lowest BCUT2D eigenvalue weighted by atomic mass is 9.84. The first kappa shape index (κ1) is 19.8. The third-order valence-corrected chi connectivity index (χ3v) is 6.36. The summed E-state index contributed by atoms with van der Waals surface area (Å²) >= 11 is 0. The Kier molecular flexibility index (Phi) is 4.45. The number of hydrogen-bond acceptors (Lipinski definition) is 6. The van der Waals surface area contributed by atoms with E-state index in [1.807, 2.05) is 13.0 Å². The highest BCUT2D eigenvalue weighted by Gasteiger charge is 2.27. The van der Waals surface area contributed by atoms with Crippen molar-refractivity contribution in [1.82, 2.24) is 29.2 Å². The van der Waals surface area contributed by atoms with Crippen molar-refractivity contribution >= 4 is 11.3 Å². The number of fused-ring (bicyclic) bond motifs is 3. The van der Waals surface area contributed by atoms with E-state index >= 15 is 0 Å². The van der Waals surface area contributed by atoms with Gasteiger partial charge in [0, 0.05) is 23.0 Å². The fourth-order valence-corrected chi connectivity index (χ4v) is 4.71. The Balaban J connectivity index is 1.53. The van der Waals surface area contributed by atoms with E-state index in [0.717, 1.165) is 12.1 Å². The van der Waals surface area contributed by atoms with Crippen LogP contribution in [0, 0.1) is 35.5 Å². The Hall–Kier alpha value is -4.18. The predicted octanol–water partition coefficient (Wildman–Crippen LogP) is 1.32. The second-order valence-electron chi connectivity index (χ2n) is 8.18. The molecule has 0 aromatic carbocycles. The number of nitrogens with one attached hydrogen (secondary N) is 2. The zero-order chi connectivity index (χ0) is 22.6. The van der Waals surface area contributed by atoms with Gasteiger partial charge in [0.25, 0.3) is 11.1 Å². The number of nitriles is 2. The van der Waals surface area contributed by atoms with Crippen molar-refractivity contribution in [2.45, 2.75) is 46.0 Å². The van der Waals surface area contributed by atoms with E-state index in [4.69, 9.17) is 0 Å². The number of H-pyrrole nitrogens is 2. The average Bonchev–Trinajstić information content (AvgIpc) is 3.35. The molecule has 32 heavy (non-hydrogen) atoms. The second kappa shape index (κ2) is 7.20. The summed E-state index contributed by atoms with van der Waals surface area (Å²) in [6, 6.07) is 4.24. The Labute approximate surface area is 181 Å². The van der Waals surface area contributed by atoms with Gasteiger partial charge in [0.15, 0.2) is 11.3 Å². The molecule has 2 N–H and O–H groups in total. The largest absolute Gasteiger partial charge is 0.295 e. The minimum atomic E-state index is -0.200. The lowest BCUT2D eigenvalue weighted by molar-refractivity contribution is 0.441. The molecule has 1 atom stereocenters. The fraction of sp³-hybridized carbons (Fsp3) is 0.364. The molecular formula is C22H20N8O2. The maximum Gasteiger partial charge on any atom is 0.276 e. The summed E-state index contributed by atoms with van der Waals surface area (Å²) in [5.74, 6) is 0.100. The minimum Gasteiger partial charge on any atom is -0.295 e. The van der Waals surface area contributed by atoms with Gasteiger partial charge in [0.05, 0.1) is 11.4 Å². The summed E-state index contributed by atoms with van der Waals surface area (Å²) in [6.07, 6.45) is 4.46. The molecule has 0 saturated carbocycles. The van der Waals surface area contributed by atoms with E-state index in [2.05, 4.69) is 26.2 Å². The molecule has 1 unspecified atom stereocenters. The van der Waals surface area contributed by atoms with Crippen LogP contribution in [0.25, 0.3) is 11.3 Å². The summed E-state index contributed by atoms with van der Waals surface area (Å²) < 4.78 is 2.67. The first-order chi connectivity index (χ1) is 15.5. The Morgan fingerprint density at radius 1 is 1.16 bits per heavy atom. The molecule has 0 radical (unpaired) electrons. The van der Waals surface area contributed by atoms with Crippen molar-refractivity contribution in [3.63, 3.8) is 0 Å². The highest BCUT2D eigenvalue weighted by Crippen LogP contribution is 2.27. The van der Waals surface area contributed by atoms with E-state index in [9.17, 15) is 20.1 Å².